The molecule has 0 aromatic carbocycles. The second-order valence-electron chi connectivity index (χ2n) is 5.26. The molecule has 9 heteroatoms. The number of sulfonamides is 1. The molecule has 1 saturated carbocycles. The third kappa shape index (κ3) is 4.00. The second-order valence-corrected chi connectivity index (χ2v) is 8.07. The number of carboxylic acid groups (broad SMARTS) is 1. The lowest BCUT2D eigenvalue weighted by molar-refractivity contribution is 0.0303. The normalized spacial score (nSPS) is 19.1. The molecule has 0 spiro atoms. The Morgan fingerprint density at radius 1 is 1.33 bits per heavy atom. The summed E-state index contributed by atoms with van der Waals surface area (Å²) in [7, 11) is -3.98. The number of carboxylic acids is 1. The number of aromatic carboxylic acids is 1. The largest absolute Gasteiger partial charge is 0.476 e. The van der Waals surface area contributed by atoms with E-state index in [4.69, 9.17) is 5.11 Å². The van der Waals surface area contributed by atoms with Gasteiger partial charge in [0, 0.05) is 6.54 Å². The Morgan fingerprint density at radius 3 is 2.52 bits per heavy atom. The van der Waals surface area contributed by atoms with Gasteiger partial charge in [-0.1, -0.05) is 25.7 Å². The molecule has 1 aromatic heterocycles. The number of hydrogen-bond acceptors (Lipinski definition) is 6. The highest BCUT2D eigenvalue weighted by molar-refractivity contribution is 7.91. The van der Waals surface area contributed by atoms with Crippen molar-refractivity contribution in [2.24, 2.45) is 0 Å². The van der Waals surface area contributed by atoms with Gasteiger partial charge in [0.1, 0.15) is 0 Å². The minimum atomic E-state index is -3.98. The first-order valence-electron chi connectivity index (χ1n) is 6.73. The van der Waals surface area contributed by atoms with Crippen LogP contribution >= 0.6 is 11.3 Å². The zero-order valence-electron chi connectivity index (χ0n) is 11.4. The van der Waals surface area contributed by atoms with Gasteiger partial charge >= 0.3 is 5.97 Å². The van der Waals surface area contributed by atoms with Crippen molar-refractivity contribution in [1.82, 2.24) is 9.71 Å². The predicted octanol–water partition coefficient (Wildman–Crippen LogP) is 1.20. The minimum Gasteiger partial charge on any atom is -0.476 e. The quantitative estimate of drug-likeness (QED) is 0.697. The molecule has 0 radical (unpaired) electrons. The molecule has 1 aromatic rings. The van der Waals surface area contributed by atoms with E-state index < -0.39 is 27.3 Å². The molecule has 1 fully saturated rings. The lowest BCUT2D eigenvalue weighted by atomic mass is 9.95. The highest BCUT2D eigenvalue weighted by Crippen LogP contribution is 2.27. The van der Waals surface area contributed by atoms with Crippen molar-refractivity contribution in [3.05, 3.63) is 11.2 Å². The Kier molecular flexibility index (Phi) is 4.97. The average molecular weight is 334 g/mol. The van der Waals surface area contributed by atoms with Crippen LogP contribution in [0.15, 0.2) is 9.72 Å². The molecule has 0 saturated heterocycles. The molecule has 118 valence electrons. The van der Waals surface area contributed by atoms with Crippen LogP contribution in [0.2, 0.25) is 0 Å². The van der Waals surface area contributed by atoms with E-state index in [0.29, 0.717) is 12.8 Å². The molecule has 1 heterocycles. The predicted molar refractivity (Wildman–Crippen MR) is 76.9 cm³/mol. The van der Waals surface area contributed by atoms with Crippen molar-refractivity contribution < 1.29 is 23.4 Å². The first-order chi connectivity index (χ1) is 9.84. The van der Waals surface area contributed by atoms with Crippen molar-refractivity contribution in [3.63, 3.8) is 0 Å². The van der Waals surface area contributed by atoms with Gasteiger partial charge in [0.2, 0.25) is 0 Å². The SMILES string of the molecule is O=C(O)c1ncsc1S(=O)(=O)NCC1(O)CCCCCC1. The number of nitrogens with one attached hydrogen (secondary N) is 1. The van der Waals surface area contributed by atoms with Gasteiger partial charge in [0.05, 0.1) is 11.1 Å². The topological polar surface area (TPSA) is 117 Å². The summed E-state index contributed by atoms with van der Waals surface area (Å²) in [5.74, 6) is -1.38. The van der Waals surface area contributed by atoms with E-state index in [-0.39, 0.29) is 10.8 Å². The third-order valence-corrected chi connectivity index (χ3v) is 6.38. The molecule has 0 amide bonds. The van der Waals surface area contributed by atoms with Crippen LogP contribution in [0.4, 0.5) is 0 Å². The zero-order chi connectivity index (χ0) is 15.5. The lowest BCUT2D eigenvalue weighted by Gasteiger charge is -2.26. The van der Waals surface area contributed by atoms with Crippen LogP contribution in [0.1, 0.15) is 49.0 Å². The Labute approximate surface area is 127 Å². The monoisotopic (exact) mass is 334 g/mol. The van der Waals surface area contributed by atoms with E-state index in [2.05, 4.69) is 9.71 Å². The lowest BCUT2D eigenvalue weighted by Crippen LogP contribution is -2.42. The maximum Gasteiger partial charge on any atom is 0.356 e. The van der Waals surface area contributed by atoms with Gasteiger partial charge in [-0.3, -0.25) is 0 Å². The van der Waals surface area contributed by atoms with Crippen LogP contribution in [0.3, 0.4) is 0 Å². The van der Waals surface area contributed by atoms with E-state index in [1.54, 1.807) is 0 Å². The number of nitrogens with zero attached hydrogens (tertiary/aromatic N) is 1. The van der Waals surface area contributed by atoms with Crippen molar-refractivity contribution in [1.29, 1.82) is 0 Å². The van der Waals surface area contributed by atoms with Crippen molar-refractivity contribution in [2.45, 2.75) is 48.3 Å². The van der Waals surface area contributed by atoms with E-state index >= 15 is 0 Å². The summed E-state index contributed by atoms with van der Waals surface area (Å²) in [6.07, 6.45) is 4.88. The summed E-state index contributed by atoms with van der Waals surface area (Å²) in [5, 5.41) is 19.4. The van der Waals surface area contributed by atoms with Crippen LogP contribution in [0.5, 0.6) is 0 Å². The fraction of sp³-hybridized carbons (Fsp3) is 0.667. The van der Waals surface area contributed by atoms with Crippen LogP contribution < -0.4 is 4.72 Å². The van der Waals surface area contributed by atoms with E-state index in [0.717, 1.165) is 37.0 Å². The Hall–Kier alpha value is -1.03. The average Bonchev–Trinajstić information content (AvgIpc) is 2.82. The summed E-state index contributed by atoms with van der Waals surface area (Å²) in [6, 6.07) is 0. The third-order valence-electron chi connectivity index (χ3n) is 3.61. The Bertz CT molecular complexity index is 603. The number of aromatic nitrogens is 1. The summed E-state index contributed by atoms with van der Waals surface area (Å²) in [6.45, 7) is -0.105. The first-order valence-corrected chi connectivity index (χ1v) is 9.09. The molecule has 7 nitrogen and oxygen atoms in total. The molecular weight excluding hydrogens is 316 g/mol. The minimum absolute atomic E-state index is 0.105. The summed E-state index contributed by atoms with van der Waals surface area (Å²) in [4.78, 5) is 14.5. The van der Waals surface area contributed by atoms with Crippen LogP contribution in [0.25, 0.3) is 0 Å². The van der Waals surface area contributed by atoms with E-state index in [9.17, 15) is 18.3 Å². The van der Waals surface area contributed by atoms with Gasteiger partial charge < -0.3 is 10.2 Å². The number of aliphatic hydroxyl groups is 1. The standard InChI is InChI=1S/C12H18N2O5S2/c15-10(16)9-11(20-8-13-9)21(18,19)14-7-12(17)5-3-1-2-4-6-12/h8,14,17H,1-7H2,(H,15,16). The smallest absolute Gasteiger partial charge is 0.356 e. The molecule has 0 unspecified atom stereocenters. The summed E-state index contributed by atoms with van der Waals surface area (Å²) >= 11 is 0.750. The maximum atomic E-state index is 12.2. The summed E-state index contributed by atoms with van der Waals surface area (Å²) < 4.78 is 26.3. The van der Waals surface area contributed by atoms with Crippen molar-refractivity contribution in [3.8, 4) is 0 Å². The number of rotatable bonds is 5. The highest BCUT2D eigenvalue weighted by Gasteiger charge is 2.32. The second kappa shape index (κ2) is 6.39. The number of thiazole rings is 1. The summed E-state index contributed by atoms with van der Waals surface area (Å²) in [5.41, 5.74) is -0.365. The molecule has 0 atom stereocenters. The van der Waals surface area contributed by atoms with Crippen LogP contribution in [-0.4, -0.2) is 41.7 Å². The fourth-order valence-corrected chi connectivity index (χ4v) is 4.73. The van der Waals surface area contributed by atoms with Crippen LogP contribution in [0, 0.1) is 0 Å². The number of hydrogen-bond donors (Lipinski definition) is 3. The fourth-order valence-electron chi connectivity index (χ4n) is 2.43. The zero-order valence-corrected chi connectivity index (χ0v) is 13.0. The molecular formula is C12H18N2O5S2. The molecule has 2 rings (SSSR count). The van der Waals surface area contributed by atoms with Gasteiger partial charge in [-0.25, -0.2) is 22.9 Å². The Balaban J connectivity index is 2.10. The molecule has 1 aliphatic carbocycles. The highest BCUT2D eigenvalue weighted by atomic mass is 32.2. The van der Waals surface area contributed by atoms with Gasteiger partial charge in [-0.2, -0.15) is 0 Å². The number of carbonyl (C=O) groups is 1. The molecule has 0 bridgehead atoms. The maximum absolute atomic E-state index is 12.2. The van der Waals surface area contributed by atoms with Gasteiger partial charge in [0.15, 0.2) is 9.90 Å². The first kappa shape index (κ1) is 16.3. The molecule has 21 heavy (non-hydrogen) atoms. The van der Waals surface area contributed by atoms with Crippen LogP contribution in [-0.2, 0) is 10.0 Å². The Morgan fingerprint density at radius 2 is 1.95 bits per heavy atom. The molecule has 1 aliphatic rings. The van der Waals surface area contributed by atoms with Gasteiger partial charge in [-0.15, -0.1) is 11.3 Å². The van der Waals surface area contributed by atoms with Gasteiger partial charge in [0.25, 0.3) is 10.0 Å². The van der Waals surface area contributed by atoms with E-state index in [1.807, 2.05) is 0 Å². The van der Waals surface area contributed by atoms with Crippen molar-refractivity contribution in [2.75, 3.05) is 6.54 Å². The van der Waals surface area contributed by atoms with E-state index in [1.165, 1.54) is 5.51 Å². The molecule has 3 N–H and O–H groups in total. The molecule has 0 aliphatic heterocycles. The van der Waals surface area contributed by atoms with Crippen molar-refractivity contribution >= 4 is 27.3 Å². The van der Waals surface area contributed by atoms with Gasteiger partial charge in [-0.05, 0) is 12.8 Å².